The van der Waals surface area contributed by atoms with Crippen LogP contribution >= 0.6 is 0 Å². The topological polar surface area (TPSA) is 136 Å². The molecule has 1 atom stereocenters. The highest BCUT2D eigenvalue weighted by Gasteiger charge is 2.61. The predicted molar refractivity (Wildman–Crippen MR) is 177 cm³/mol. The molecule has 1 saturated carbocycles. The third-order valence-electron chi connectivity index (χ3n) is 10.9. The SMILES string of the molecule is CC1(C)CCCCN1S(=O)(=O)Cc1cccc(NC(=O)N2CCC(c3ccc4c(c3)C3(CC3)C(=O)N4C3CCC(=O)NC3=O)CC2)c1. The summed E-state index contributed by atoms with van der Waals surface area (Å²) in [5, 5.41) is 5.36. The number of fused-ring (bicyclic) bond motifs is 2. The normalized spacial score (nSPS) is 24.3. The number of piperidine rings is 3. The van der Waals surface area contributed by atoms with Crippen LogP contribution in [0.5, 0.6) is 0 Å². The van der Waals surface area contributed by atoms with Crippen LogP contribution in [-0.2, 0) is 35.6 Å². The van der Waals surface area contributed by atoms with E-state index in [1.165, 1.54) is 0 Å². The van der Waals surface area contributed by atoms with E-state index in [0.29, 0.717) is 37.3 Å². The van der Waals surface area contributed by atoms with Crippen molar-refractivity contribution in [2.45, 2.75) is 100 Å². The standard InChI is InChI=1S/C35H43N5O6S/c1-34(2)14-3-4-17-39(34)47(45,46)22-23-6-5-7-26(20-23)36-33(44)38-18-12-24(13-19-38)25-8-9-28-27(21-25)35(15-16-35)32(43)40(28)29-10-11-30(41)37-31(29)42/h5-9,20-21,24,29H,3-4,10-19,22H2,1-2H3,(H,36,44)(H,37,41,42). The first-order valence-electron chi connectivity index (χ1n) is 16.9. The monoisotopic (exact) mass is 661 g/mol. The number of benzene rings is 2. The molecule has 0 radical (unpaired) electrons. The molecule has 250 valence electrons. The van der Waals surface area contributed by atoms with E-state index in [1.807, 2.05) is 26.0 Å². The summed E-state index contributed by atoms with van der Waals surface area (Å²) in [5.41, 5.74) is 3.14. The predicted octanol–water partition coefficient (Wildman–Crippen LogP) is 4.38. The Hall–Kier alpha value is -3.77. The molecule has 2 aromatic rings. The second-order valence-electron chi connectivity index (χ2n) is 14.5. The first-order valence-corrected chi connectivity index (χ1v) is 18.5. The molecule has 4 aliphatic heterocycles. The summed E-state index contributed by atoms with van der Waals surface area (Å²) in [6, 6.07) is 12.3. The minimum Gasteiger partial charge on any atom is -0.324 e. The van der Waals surface area contributed by atoms with E-state index in [0.717, 1.165) is 61.8 Å². The number of hydrogen-bond donors (Lipinski definition) is 2. The van der Waals surface area contributed by atoms with Crippen LogP contribution in [-0.4, -0.2) is 72.6 Å². The van der Waals surface area contributed by atoms with Gasteiger partial charge in [-0.05, 0) is 99.6 Å². The average molecular weight is 662 g/mol. The van der Waals surface area contributed by atoms with Crippen molar-refractivity contribution in [2.24, 2.45) is 0 Å². The van der Waals surface area contributed by atoms with Crippen molar-refractivity contribution in [1.29, 1.82) is 0 Å². The maximum atomic E-state index is 13.6. The van der Waals surface area contributed by atoms with Crippen molar-refractivity contribution in [3.05, 3.63) is 59.2 Å². The minimum absolute atomic E-state index is 0.0392. The number of sulfonamides is 1. The van der Waals surface area contributed by atoms with Crippen molar-refractivity contribution >= 4 is 45.2 Å². The van der Waals surface area contributed by atoms with Gasteiger partial charge in [-0.2, -0.15) is 4.31 Å². The molecule has 4 fully saturated rings. The minimum atomic E-state index is -3.51. The summed E-state index contributed by atoms with van der Waals surface area (Å²) in [7, 11) is -3.51. The average Bonchev–Trinajstić information content (AvgIpc) is 3.80. The first-order chi connectivity index (χ1) is 22.4. The number of rotatable bonds is 6. The molecule has 5 amide bonds. The van der Waals surface area contributed by atoms with Crippen LogP contribution in [0.1, 0.15) is 94.2 Å². The molecule has 1 spiro atoms. The molecule has 2 aromatic carbocycles. The number of hydrogen-bond acceptors (Lipinski definition) is 6. The number of amides is 5. The fourth-order valence-corrected chi connectivity index (χ4v) is 10.1. The van der Waals surface area contributed by atoms with E-state index in [1.54, 1.807) is 38.4 Å². The molecule has 1 aliphatic carbocycles. The van der Waals surface area contributed by atoms with Crippen molar-refractivity contribution in [2.75, 3.05) is 29.9 Å². The van der Waals surface area contributed by atoms with E-state index in [-0.39, 0.29) is 35.9 Å². The zero-order valence-corrected chi connectivity index (χ0v) is 27.9. The van der Waals surface area contributed by atoms with Gasteiger partial charge in [0, 0.05) is 43.0 Å². The highest BCUT2D eigenvalue weighted by molar-refractivity contribution is 7.88. The van der Waals surface area contributed by atoms with Gasteiger partial charge in [-0.15, -0.1) is 0 Å². The van der Waals surface area contributed by atoms with E-state index in [4.69, 9.17) is 0 Å². The fourth-order valence-electron chi connectivity index (χ4n) is 8.10. The molecule has 7 rings (SSSR count). The maximum absolute atomic E-state index is 13.6. The Balaban J connectivity index is 0.983. The van der Waals surface area contributed by atoms with Crippen LogP contribution in [0.3, 0.4) is 0 Å². The van der Waals surface area contributed by atoms with Crippen molar-refractivity contribution in [3.8, 4) is 0 Å². The zero-order valence-electron chi connectivity index (χ0n) is 27.1. The molecule has 47 heavy (non-hydrogen) atoms. The lowest BCUT2D eigenvalue weighted by Crippen LogP contribution is -2.54. The third-order valence-corrected chi connectivity index (χ3v) is 12.9. The van der Waals surface area contributed by atoms with E-state index in [9.17, 15) is 27.6 Å². The maximum Gasteiger partial charge on any atom is 0.321 e. The molecule has 0 aromatic heterocycles. The lowest BCUT2D eigenvalue weighted by atomic mass is 9.86. The molecule has 11 nitrogen and oxygen atoms in total. The molecule has 4 heterocycles. The number of carbonyl (C=O) groups excluding carboxylic acids is 4. The fraction of sp³-hybridized carbons (Fsp3) is 0.543. The zero-order chi connectivity index (χ0) is 33.1. The molecular formula is C35H43N5O6S. The second kappa shape index (κ2) is 11.7. The van der Waals surface area contributed by atoms with E-state index in [2.05, 4.69) is 16.7 Å². The van der Waals surface area contributed by atoms with Gasteiger partial charge in [-0.3, -0.25) is 24.6 Å². The Morgan fingerprint density at radius 2 is 1.72 bits per heavy atom. The molecule has 5 aliphatic rings. The second-order valence-corrected chi connectivity index (χ2v) is 16.4. The van der Waals surface area contributed by atoms with Crippen molar-refractivity contribution in [3.63, 3.8) is 0 Å². The van der Waals surface area contributed by atoms with Gasteiger partial charge < -0.3 is 10.2 Å². The first kappa shape index (κ1) is 31.8. The Bertz CT molecular complexity index is 1740. The van der Waals surface area contributed by atoms with Crippen molar-refractivity contribution < 1.29 is 27.6 Å². The third kappa shape index (κ3) is 5.83. The van der Waals surface area contributed by atoms with Gasteiger partial charge in [0.25, 0.3) is 0 Å². The Morgan fingerprint density at radius 3 is 2.43 bits per heavy atom. The van der Waals surface area contributed by atoms with Crippen LogP contribution in [0.4, 0.5) is 16.2 Å². The summed E-state index contributed by atoms with van der Waals surface area (Å²) >= 11 is 0. The van der Waals surface area contributed by atoms with Gasteiger partial charge in [-0.1, -0.05) is 30.7 Å². The highest BCUT2D eigenvalue weighted by atomic mass is 32.2. The van der Waals surface area contributed by atoms with Crippen LogP contribution in [0.2, 0.25) is 0 Å². The molecule has 12 heteroatoms. The number of carbonyl (C=O) groups is 4. The number of anilines is 2. The van der Waals surface area contributed by atoms with Gasteiger partial charge in [0.1, 0.15) is 6.04 Å². The molecular weight excluding hydrogens is 618 g/mol. The number of imide groups is 1. The summed E-state index contributed by atoms with van der Waals surface area (Å²) in [4.78, 5) is 54.6. The smallest absolute Gasteiger partial charge is 0.321 e. The number of likely N-dealkylation sites (tertiary alicyclic amines) is 1. The van der Waals surface area contributed by atoms with Crippen LogP contribution in [0, 0.1) is 0 Å². The Labute approximate surface area is 276 Å². The van der Waals surface area contributed by atoms with E-state index < -0.39 is 32.9 Å². The lowest BCUT2D eigenvalue weighted by molar-refractivity contribution is -0.135. The molecule has 2 N–H and O–H groups in total. The number of urea groups is 1. The highest BCUT2D eigenvalue weighted by Crippen LogP contribution is 2.58. The lowest BCUT2D eigenvalue weighted by Gasteiger charge is -2.41. The van der Waals surface area contributed by atoms with Gasteiger partial charge in [0.2, 0.25) is 27.7 Å². The van der Waals surface area contributed by atoms with E-state index >= 15 is 0 Å². The summed E-state index contributed by atoms with van der Waals surface area (Å²) in [5.74, 6) is -0.628. The van der Waals surface area contributed by atoms with Crippen LogP contribution in [0.15, 0.2) is 42.5 Å². The van der Waals surface area contributed by atoms with Gasteiger partial charge >= 0.3 is 6.03 Å². The molecule has 0 bridgehead atoms. The summed E-state index contributed by atoms with van der Waals surface area (Å²) in [6.07, 6.45) is 6.34. The largest absolute Gasteiger partial charge is 0.324 e. The van der Waals surface area contributed by atoms with Crippen LogP contribution in [0.25, 0.3) is 0 Å². The van der Waals surface area contributed by atoms with Gasteiger partial charge in [0.05, 0.1) is 11.2 Å². The molecule has 3 saturated heterocycles. The van der Waals surface area contributed by atoms with Gasteiger partial charge in [-0.25, -0.2) is 13.2 Å². The Morgan fingerprint density at radius 1 is 0.957 bits per heavy atom. The summed E-state index contributed by atoms with van der Waals surface area (Å²) in [6.45, 7) is 5.63. The Kier molecular flexibility index (Phi) is 7.94. The molecule has 1 unspecified atom stereocenters. The number of nitrogens with zero attached hydrogens (tertiary/aromatic N) is 3. The quantitative estimate of drug-likeness (QED) is 0.442. The van der Waals surface area contributed by atoms with Gasteiger partial charge in [0.15, 0.2) is 0 Å². The van der Waals surface area contributed by atoms with Crippen molar-refractivity contribution in [1.82, 2.24) is 14.5 Å². The summed E-state index contributed by atoms with van der Waals surface area (Å²) < 4.78 is 28.3. The van der Waals surface area contributed by atoms with Crippen LogP contribution < -0.4 is 15.5 Å². The number of nitrogens with one attached hydrogen (secondary N) is 2.